The molecule has 4 nitrogen and oxygen atoms in total. The summed E-state index contributed by atoms with van der Waals surface area (Å²) in [5.74, 6) is 0. The monoisotopic (exact) mass is 882 g/mol. The Morgan fingerprint density at radius 3 is 1.28 bits per heavy atom. The Morgan fingerprint density at radius 2 is 0.739 bits per heavy atom. The van der Waals surface area contributed by atoms with Crippen LogP contribution in [0, 0.1) is 0 Å². The molecule has 0 saturated heterocycles. The molecule has 0 atom stereocenters. The molecular formula is C65H46N4. The average molecular weight is 883 g/mol. The van der Waals surface area contributed by atoms with E-state index in [0.29, 0.717) is 0 Å². The van der Waals surface area contributed by atoms with Gasteiger partial charge in [-0.15, -0.1) is 0 Å². The first-order chi connectivity index (χ1) is 34.2. The smallest absolute Gasteiger partial charge is 0.0645 e. The molecule has 326 valence electrons. The highest BCUT2D eigenvalue weighted by Crippen LogP contribution is 2.44. The van der Waals surface area contributed by atoms with Gasteiger partial charge in [-0.25, -0.2) is 0 Å². The molecule has 0 N–H and O–H groups in total. The van der Waals surface area contributed by atoms with E-state index in [4.69, 9.17) is 0 Å². The Balaban J connectivity index is 0.995. The summed E-state index contributed by atoms with van der Waals surface area (Å²) >= 11 is 0. The predicted molar refractivity (Wildman–Crippen MR) is 290 cm³/mol. The fraction of sp³-hybridized carbons (Fsp3) is 0. The van der Waals surface area contributed by atoms with Gasteiger partial charge in [0.05, 0.1) is 22.9 Å². The number of rotatable bonds is 11. The number of anilines is 6. The molecule has 4 heteroatoms. The summed E-state index contributed by atoms with van der Waals surface area (Å²) in [4.78, 5) is 9.27. The largest absolute Gasteiger partial charge is 0.310 e. The Kier molecular flexibility index (Phi) is 10.9. The lowest BCUT2D eigenvalue weighted by molar-refractivity contribution is 1.14. The van der Waals surface area contributed by atoms with Crippen molar-refractivity contribution >= 4 is 55.9 Å². The third-order valence-corrected chi connectivity index (χ3v) is 13.0. The van der Waals surface area contributed by atoms with Crippen LogP contribution in [0.15, 0.2) is 279 Å². The Bertz CT molecular complexity index is 3680. The molecule has 10 aromatic carbocycles. The van der Waals surface area contributed by atoms with Crippen LogP contribution in [0.1, 0.15) is 0 Å². The van der Waals surface area contributed by atoms with Crippen LogP contribution in [-0.4, -0.2) is 9.55 Å². The third-order valence-electron chi connectivity index (χ3n) is 13.0. The van der Waals surface area contributed by atoms with Gasteiger partial charge in [0.25, 0.3) is 0 Å². The highest BCUT2D eigenvalue weighted by molar-refractivity contribution is 6.15. The maximum atomic E-state index is 4.59. The van der Waals surface area contributed by atoms with Crippen molar-refractivity contribution in [2.45, 2.75) is 0 Å². The summed E-state index contributed by atoms with van der Waals surface area (Å²) in [7, 11) is 0. The van der Waals surface area contributed by atoms with Crippen LogP contribution < -0.4 is 9.80 Å². The van der Waals surface area contributed by atoms with Crippen molar-refractivity contribution in [2.75, 3.05) is 9.80 Å². The van der Waals surface area contributed by atoms with E-state index < -0.39 is 0 Å². The first-order valence-corrected chi connectivity index (χ1v) is 23.4. The summed E-state index contributed by atoms with van der Waals surface area (Å²) < 4.78 is 2.38. The first-order valence-electron chi connectivity index (χ1n) is 23.4. The van der Waals surface area contributed by atoms with Crippen LogP contribution in [0.3, 0.4) is 0 Å². The van der Waals surface area contributed by atoms with Crippen molar-refractivity contribution in [3.05, 3.63) is 279 Å². The fourth-order valence-electron chi connectivity index (χ4n) is 9.79. The summed E-state index contributed by atoms with van der Waals surface area (Å²) in [6.07, 6.45) is 3.80. The summed E-state index contributed by atoms with van der Waals surface area (Å²) in [6, 6.07) is 95.8. The Hall–Kier alpha value is -9.25. The number of hydrogen-bond acceptors (Lipinski definition) is 3. The van der Waals surface area contributed by atoms with Crippen LogP contribution >= 0.6 is 0 Å². The van der Waals surface area contributed by atoms with E-state index in [2.05, 4.69) is 280 Å². The second-order valence-corrected chi connectivity index (χ2v) is 17.3. The van der Waals surface area contributed by atoms with Gasteiger partial charge in [-0.1, -0.05) is 164 Å². The molecule has 0 spiro atoms. The van der Waals surface area contributed by atoms with Crippen LogP contribution in [0.4, 0.5) is 34.1 Å². The molecular weight excluding hydrogens is 837 g/mol. The fourth-order valence-corrected chi connectivity index (χ4v) is 9.79. The number of hydrogen-bond donors (Lipinski definition) is 0. The summed E-state index contributed by atoms with van der Waals surface area (Å²) in [6.45, 7) is 0. The normalized spacial score (nSPS) is 11.2. The topological polar surface area (TPSA) is 24.3 Å². The van der Waals surface area contributed by atoms with Crippen molar-refractivity contribution in [3.63, 3.8) is 0 Å². The zero-order chi connectivity index (χ0) is 45.9. The Morgan fingerprint density at radius 1 is 0.290 bits per heavy atom. The molecule has 0 unspecified atom stereocenters. The standard InChI is InChI=1S/C65H46N4/c1-5-18-47(19-6-1)51-22-15-28-58(42-51)67(54-24-9-3-10-25-54)56-37-33-49(34-38-56)53-44-62(65-63(45-53)61-31-13-14-32-64(61)69(65)60-30-17-41-66-46-60)50-35-39-57(40-36-50)68(55-26-11-4-12-27-55)59-29-16-23-52(43-59)48-20-7-2-8-21-48/h1-46H. The lowest BCUT2D eigenvalue weighted by Crippen LogP contribution is -2.09. The molecule has 2 aromatic heterocycles. The number of pyridine rings is 1. The molecule has 69 heavy (non-hydrogen) atoms. The average Bonchev–Trinajstić information content (AvgIpc) is 3.77. The van der Waals surface area contributed by atoms with E-state index in [1.165, 1.54) is 33.0 Å². The molecule has 0 saturated carbocycles. The van der Waals surface area contributed by atoms with Gasteiger partial charge < -0.3 is 14.4 Å². The molecule has 12 aromatic rings. The lowest BCUT2D eigenvalue weighted by Gasteiger charge is -2.26. The minimum Gasteiger partial charge on any atom is -0.310 e. The molecule has 0 fully saturated rings. The van der Waals surface area contributed by atoms with E-state index in [9.17, 15) is 0 Å². The van der Waals surface area contributed by atoms with Crippen LogP contribution in [-0.2, 0) is 0 Å². The van der Waals surface area contributed by atoms with E-state index >= 15 is 0 Å². The molecule has 0 aliphatic heterocycles. The SMILES string of the molecule is c1ccc(-c2cccc(N(c3ccccc3)c3ccc(-c4cc(-c5ccc(N(c6ccccc6)c6cccc(-c7ccccc7)c6)cc5)c5c(c4)c4ccccc4n5-c4cccnc4)cc3)c2)cc1. The molecule has 0 radical (unpaired) electrons. The lowest BCUT2D eigenvalue weighted by atomic mass is 9.95. The van der Waals surface area contributed by atoms with E-state index in [0.717, 1.165) is 73.1 Å². The van der Waals surface area contributed by atoms with Gasteiger partial charge >= 0.3 is 0 Å². The third kappa shape index (κ3) is 8.00. The van der Waals surface area contributed by atoms with Crippen molar-refractivity contribution in [2.24, 2.45) is 0 Å². The van der Waals surface area contributed by atoms with E-state index in [1.54, 1.807) is 0 Å². The number of para-hydroxylation sites is 3. The van der Waals surface area contributed by atoms with Crippen molar-refractivity contribution in [1.29, 1.82) is 0 Å². The van der Waals surface area contributed by atoms with Gasteiger partial charge in [-0.3, -0.25) is 4.98 Å². The maximum Gasteiger partial charge on any atom is 0.0645 e. The molecule has 0 aliphatic carbocycles. The predicted octanol–water partition coefficient (Wildman–Crippen LogP) is 17.8. The second kappa shape index (κ2) is 18.2. The van der Waals surface area contributed by atoms with Gasteiger partial charge in [0.15, 0.2) is 0 Å². The zero-order valence-electron chi connectivity index (χ0n) is 37.8. The molecule has 0 aliphatic rings. The minimum absolute atomic E-state index is 1.02. The number of benzene rings is 10. The molecule has 0 bridgehead atoms. The Labute approximate surface area is 402 Å². The van der Waals surface area contributed by atoms with Crippen LogP contribution in [0.5, 0.6) is 0 Å². The van der Waals surface area contributed by atoms with Gasteiger partial charge in [0.2, 0.25) is 0 Å². The number of fused-ring (bicyclic) bond motifs is 3. The second-order valence-electron chi connectivity index (χ2n) is 17.3. The maximum absolute atomic E-state index is 4.59. The van der Waals surface area contributed by atoms with Gasteiger partial charge in [0, 0.05) is 56.7 Å². The van der Waals surface area contributed by atoms with Gasteiger partial charge in [-0.05, 0) is 142 Å². The highest BCUT2D eigenvalue weighted by Gasteiger charge is 2.21. The molecule has 0 amide bonds. The minimum atomic E-state index is 1.02. The summed E-state index contributed by atoms with van der Waals surface area (Å²) in [5, 5.41) is 2.37. The molecule has 2 heterocycles. The zero-order valence-corrected chi connectivity index (χ0v) is 37.8. The highest BCUT2D eigenvalue weighted by atomic mass is 15.1. The van der Waals surface area contributed by atoms with Crippen molar-refractivity contribution < 1.29 is 0 Å². The van der Waals surface area contributed by atoms with Gasteiger partial charge in [0.1, 0.15) is 0 Å². The summed E-state index contributed by atoms with van der Waals surface area (Å²) in [5.41, 5.74) is 19.1. The van der Waals surface area contributed by atoms with Crippen molar-refractivity contribution in [3.8, 4) is 50.2 Å². The van der Waals surface area contributed by atoms with Crippen LogP contribution in [0.25, 0.3) is 72.0 Å². The number of nitrogens with zero attached hydrogens (tertiary/aromatic N) is 4. The molecule has 12 rings (SSSR count). The quantitative estimate of drug-likeness (QED) is 0.129. The van der Waals surface area contributed by atoms with E-state index in [1.807, 2.05) is 18.5 Å². The van der Waals surface area contributed by atoms with Gasteiger partial charge in [-0.2, -0.15) is 0 Å². The van der Waals surface area contributed by atoms with Crippen LogP contribution in [0.2, 0.25) is 0 Å². The first kappa shape index (κ1) is 41.2. The van der Waals surface area contributed by atoms with Crippen molar-refractivity contribution in [1.82, 2.24) is 9.55 Å². The number of aromatic nitrogens is 2. The van der Waals surface area contributed by atoms with E-state index in [-0.39, 0.29) is 0 Å².